The summed E-state index contributed by atoms with van der Waals surface area (Å²) in [6.07, 6.45) is 0.752. The molecule has 3 aromatic rings. The summed E-state index contributed by atoms with van der Waals surface area (Å²) >= 11 is 0. The van der Waals surface area contributed by atoms with Crippen LogP contribution in [0, 0.1) is 0 Å². The summed E-state index contributed by atoms with van der Waals surface area (Å²) in [5.74, 6) is -0.802. The average molecular weight is 507 g/mol. The largest absolute Gasteiger partial charge is 0.444 e. The average Bonchev–Trinajstić information content (AvgIpc) is 3.20. The fourth-order valence-electron chi connectivity index (χ4n) is 4.94. The molecule has 1 heterocycles. The summed E-state index contributed by atoms with van der Waals surface area (Å²) in [6.45, 7) is 5.48. The number of nitrogens with two attached hydrogens (primary N) is 2. The first-order valence-corrected chi connectivity index (χ1v) is 11.9. The fourth-order valence-corrected chi connectivity index (χ4v) is 4.94. The van der Waals surface area contributed by atoms with Crippen molar-refractivity contribution >= 4 is 17.9 Å². The summed E-state index contributed by atoms with van der Waals surface area (Å²) in [6, 6.07) is 10.3. The van der Waals surface area contributed by atoms with Gasteiger partial charge in [0.25, 0.3) is 0 Å². The van der Waals surface area contributed by atoms with Crippen LogP contribution in [0.15, 0.2) is 41.2 Å². The highest BCUT2D eigenvalue weighted by atomic mass is 16.6. The van der Waals surface area contributed by atoms with Crippen molar-refractivity contribution in [1.82, 2.24) is 20.5 Å². The van der Waals surface area contributed by atoms with Crippen LogP contribution >= 0.6 is 0 Å². The Morgan fingerprint density at radius 1 is 1.00 bits per heavy atom. The number of amides is 3. The van der Waals surface area contributed by atoms with E-state index in [2.05, 4.69) is 20.5 Å². The van der Waals surface area contributed by atoms with Crippen LogP contribution in [0.3, 0.4) is 0 Å². The smallest absolute Gasteiger partial charge is 0.407 e. The van der Waals surface area contributed by atoms with Crippen LogP contribution in [0.25, 0.3) is 0 Å². The first-order valence-electron chi connectivity index (χ1n) is 11.9. The van der Waals surface area contributed by atoms with Crippen molar-refractivity contribution < 1.29 is 19.1 Å². The number of carbonyl (C=O) groups excluding carboxylic acids is 3. The maximum Gasteiger partial charge on any atom is 0.407 e. The molecule has 1 aliphatic rings. The predicted octanol–water partition coefficient (Wildman–Crippen LogP) is 1.64. The van der Waals surface area contributed by atoms with Gasteiger partial charge in [0, 0.05) is 17.7 Å². The van der Waals surface area contributed by atoms with Crippen molar-refractivity contribution in [2.24, 2.45) is 11.5 Å². The maximum absolute atomic E-state index is 12.4. The number of ether oxygens (including phenoxy) is 1. The molecule has 194 valence electrons. The number of hydrogen-bond donors (Lipinski definition) is 5. The standard InChI is InChI=1S/C26H30N6O5/c1-25(2,3)37-24(36)29-11-10-26(22-30-23(35)32-31-22)18-8-6-16(20(27)33)12-14(18)4-5-15-13-17(21(28)34)7-9-19(15)26/h6-9,12-13H,4-5,10-11H2,1-3H3,(H2,27,33)(H2,28,34)(H,29,36)(H2,30,31,32,35). The molecule has 0 atom stereocenters. The lowest BCUT2D eigenvalue weighted by Crippen LogP contribution is -2.39. The van der Waals surface area contributed by atoms with Crippen molar-refractivity contribution in [3.05, 3.63) is 86.1 Å². The molecule has 7 N–H and O–H groups in total. The summed E-state index contributed by atoms with van der Waals surface area (Å²) in [5, 5.41) is 9.53. The van der Waals surface area contributed by atoms with Gasteiger partial charge in [-0.3, -0.25) is 14.6 Å². The van der Waals surface area contributed by atoms with Crippen molar-refractivity contribution in [3.63, 3.8) is 0 Å². The molecule has 1 aromatic heterocycles. The first-order chi connectivity index (χ1) is 17.4. The zero-order chi connectivity index (χ0) is 27.0. The minimum Gasteiger partial charge on any atom is -0.444 e. The number of carbonyl (C=O) groups is 3. The highest BCUT2D eigenvalue weighted by molar-refractivity contribution is 5.94. The normalized spacial score (nSPS) is 14.1. The van der Waals surface area contributed by atoms with Crippen LogP contribution < -0.4 is 22.5 Å². The van der Waals surface area contributed by atoms with Gasteiger partial charge >= 0.3 is 11.8 Å². The third-order valence-electron chi connectivity index (χ3n) is 6.44. The molecule has 0 spiro atoms. The number of benzene rings is 2. The van der Waals surface area contributed by atoms with Gasteiger partial charge in [-0.2, -0.15) is 5.10 Å². The second-order valence-electron chi connectivity index (χ2n) is 10.1. The van der Waals surface area contributed by atoms with E-state index in [9.17, 15) is 19.2 Å². The molecule has 37 heavy (non-hydrogen) atoms. The van der Waals surface area contributed by atoms with Gasteiger partial charge < -0.3 is 21.5 Å². The lowest BCUT2D eigenvalue weighted by atomic mass is 9.69. The fraction of sp³-hybridized carbons (Fsp3) is 0.346. The molecular formula is C26H30N6O5. The van der Waals surface area contributed by atoms with E-state index in [1.165, 1.54) is 0 Å². The van der Waals surface area contributed by atoms with Crippen molar-refractivity contribution in [2.45, 2.75) is 51.0 Å². The van der Waals surface area contributed by atoms with Crippen LogP contribution in [-0.2, 0) is 23.0 Å². The van der Waals surface area contributed by atoms with Gasteiger partial charge in [0.2, 0.25) is 11.8 Å². The Labute approximate surface area is 213 Å². The number of nitrogens with zero attached hydrogens (tertiary/aromatic N) is 1. The molecular weight excluding hydrogens is 476 g/mol. The molecule has 0 aliphatic heterocycles. The zero-order valence-electron chi connectivity index (χ0n) is 20.9. The monoisotopic (exact) mass is 506 g/mol. The Balaban J connectivity index is 1.92. The van der Waals surface area contributed by atoms with Crippen LogP contribution in [0.4, 0.5) is 4.79 Å². The van der Waals surface area contributed by atoms with Crippen molar-refractivity contribution in [2.75, 3.05) is 6.54 Å². The summed E-state index contributed by atoms with van der Waals surface area (Å²) in [4.78, 5) is 51.4. The highest BCUT2D eigenvalue weighted by Gasteiger charge is 2.44. The number of alkyl carbamates (subject to hydrolysis) is 1. The van der Waals surface area contributed by atoms with E-state index in [-0.39, 0.29) is 13.0 Å². The van der Waals surface area contributed by atoms with Gasteiger partial charge in [-0.1, -0.05) is 12.1 Å². The quantitative estimate of drug-likeness (QED) is 0.338. The molecule has 0 radical (unpaired) electrons. The molecule has 0 fully saturated rings. The molecule has 0 saturated carbocycles. The summed E-state index contributed by atoms with van der Waals surface area (Å²) in [5.41, 5.74) is 12.8. The van der Waals surface area contributed by atoms with E-state index in [0.29, 0.717) is 29.8 Å². The van der Waals surface area contributed by atoms with Crippen molar-refractivity contribution in [3.8, 4) is 0 Å². The van der Waals surface area contributed by atoms with Gasteiger partial charge in [-0.25, -0.2) is 14.7 Å². The maximum atomic E-state index is 12.4. The minimum atomic E-state index is -1.05. The van der Waals surface area contributed by atoms with Crippen LogP contribution in [-0.4, -0.2) is 45.2 Å². The number of rotatable bonds is 6. The van der Waals surface area contributed by atoms with E-state index in [1.807, 2.05) is 0 Å². The number of hydrogen-bond acceptors (Lipinski definition) is 6. The number of primary amides is 2. The lowest BCUT2D eigenvalue weighted by Gasteiger charge is -2.35. The highest BCUT2D eigenvalue weighted by Crippen LogP contribution is 2.46. The van der Waals surface area contributed by atoms with Crippen LogP contribution in [0.5, 0.6) is 0 Å². The van der Waals surface area contributed by atoms with Gasteiger partial charge in [-0.05, 0) is 86.6 Å². The zero-order valence-corrected chi connectivity index (χ0v) is 20.9. The second-order valence-corrected chi connectivity index (χ2v) is 10.1. The number of H-pyrrole nitrogens is 2. The van der Waals surface area contributed by atoms with Crippen LogP contribution in [0.1, 0.15) is 76.0 Å². The number of fused-ring (bicyclic) bond motifs is 2. The van der Waals surface area contributed by atoms with E-state index in [0.717, 1.165) is 22.3 Å². The van der Waals surface area contributed by atoms with Gasteiger partial charge in [-0.15, -0.1) is 0 Å². The Kier molecular flexibility index (Phi) is 6.64. The number of nitrogens with one attached hydrogen (secondary N) is 3. The Morgan fingerprint density at radius 2 is 1.54 bits per heavy atom. The third-order valence-corrected chi connectivity index (χ3v) is 6.44. The molecule has 11 nitrogen and oxygen atoms in total. The molecule has 3 amide bonds. The van der Waals surface area contributed by atoms with Crippen LogP contribution in [0.2, 0.25) is 0 Å². The Bertz CT molecular complexity index is 1370. The first kappa shape index (κ1) is 25.7. The molecule has 4 rings (SSSR count). The molecule has 2 aromatic carbocycles. The van der Waals surface area contributed by atoms with Gasteiger partial charge in [0.05, 0.1) is 5.41 Å². The molecule has 11 heteroatoms. The number of aromatic nitrogens is 3. The summed E-state index contributed by atoms with van der Waals surface area (Å²) in [7, 11) is 0. The lowest BCUT2D eigenvalue weighted by molar-refractivity contribution is 0.0525. The van der Waals surface area contributed by atoms with Crippen molar-refractivity contribution in [1.29, 1.82) is 0 Å². The molecule has 0 bridgehead atoms. The third kappa shape index (κ3) is 5.11. The van der Waals surface area contributed by atoms with E-state index >= 15 is 0 Å². The van der Waals surface area contributed by atoms with Gasteiger partial charge in [0.1, 0.15) is 11.4 Å². The number of aryl methyl sites for hydroxylation is 2. The minimum absolute atomic E-state index is 0.165. The molecule has 0 saturated heterocycles. The molecule has 0 unspecified atom stereocenters. The topological polar surface area (TPSA) is 186 Å². The van der Waals surface area contributed by atoms with E-state index in [1.54, 1.807) is 57.2 Å². The predicted molar refractivity (Wildman–Crippen MR) is 135 cm³/mol. The van der Waals surface area contributed by atoms with E-state index in [4.69, 9.17) is 16.2 Å². The number of aromatic amines is 2. The van der Waals surface area contributed by atoms with E-state index < -0.39 is 34.6 Å². The van der Waals surface area contributed by atoms with Gasteiger partial charge in [0.15, 0.2) is 0 Å². The second kappa shape index (κ2) is 9.57. The Morgan fingerprint density at radius 3 is 1.97 bits per heavy atom. The SMILES string of the molecule is CC(C)(C)OC(=O)NCCC1(c2n[nH]c(=O)[nH]2)c2ccc(C(N)=O)cc2CCc2cc(C(N)=O)ccc21. The summed E-state index contributed by atoms with van der Waals surface area (Å²) < 4.78 is 5.39. The Hall–Kier alpha value is -4.41. The molecule has 1 aliphatic carbocycles.